The minimum absolute atomic E-state index is 0.0343. The fraction of sp³-hybridized carbons (Fsp3) is 0.316. The van der Waals surface area contributed by atoms with Gasteiger partial charge in [0.15, 0.2) is 19.7 Å². The second-order valence-electron chi connectivity index (χ2n) is 6.39. The number of aliphatic hydroxyl groups excluding tert-OH is 2. The summed E-state index contributed by atoms with van der Waals surface area (Å²) in [6.07, 6.45) is 0. The second kappa shape index (κ2) is 10.6. The second-order valence-corrected chi connectivity index (χ2v) is 10.6. The summed E-state index contributed by atoms with van der Waals surface area (Å²) in [7, 11) is -4.89. The average Bonchev–Trinajstić information content (AvgIpc) is 2.73. The number of anilines is 2. The number of urea groups is 1. The maximum atomic E-state index is 12.6. The number of benzene rings is 2. The molecule has 0 fully saturated rings. The van der Waals surface area contributed by atoms with E-state index in [0.717, 1.165) is 0 Å². The minimum atomic E-state index is -3.78. The monoisotopic (exact) mass is 488 g/mol. The van der Waals surface area contributed by atoms with Crippen LogP contribution < -0.4 is 20.1 Å². The summed E-state index contributed by atoms with van der Waals surface area (Å²) in [5.74, 6) is -0.627. The molecule has 0 saturated carbocycles. The highest BCUT2D eigenvalue weighted by Crippen LogP contribution is 2.30. The third-order valence-corrected chi connectivity index (χ3v) is 7.66. The molecule has 0 bridgehead atoms. The lowest BCUT2D eigenvalue weighted by molar-refractivity contribution is 0.262. The van der Waals surface area contributed by atoms with Crippen LogP contribution in [0.2, 0.25) is 0 Å². The fourth-order valence-corrected chi connectivity index (χ4v) is 4.81. The van der Waals surface area contributed by atoms with Gasteiger partial charge in [-0.25, -0.2) is 21.6 Å². The first-order valence-electron chi connectivity index (χ1n) is 9.19. The van der Waals surface area contributed by atoms with Gasteiger partial charge in [0.1, 0.15) is 11.5 Å². The molecule has 2 aromatic carbocycles. The maximum Gasteiger partial charge on any atom is 0.323 e. The van der Waals surface area contributed by atoms with Crippen molar-refractivity contribution in [3.63, 3.8) is 0 Å². The summed E-state index contributed by atoms with van der Waals surface area (Å²) in [6, 6.07) is 6.81. The molecule has 0 saturated heterocycles. The standard InChI is InChI=1S/C19H24N2O9S2/c1-29-17-5-3-13(31(25,26)9-7-22)11-15(17)20-19(24)21-16-12-14(4-6-18(16)30-2)32(27,28)10-8-23/h3-6,11-12,22-23H,7-10H2,1-2H3,(H2,20,21,24). The highest BCUT2D eigenvalue weighted by atomic mass is 32.2. The zero-order valence-corrected chi connectivity index (χ0v) is 19.0. The molecule has 11 nitrogen and oxygen atoms in total. The molecule has 0 spiro atoms. The highest BCUT2D eigenvalue weighted by Gasteiger charge is 2.20. The smallest absolute Gasteiger partial charge is 0.323 e. The van der Waals surface area contributed by atoms with Crippen molar-refractivity contribution in [3.8, 4) is 11.5 Å². The Bertz CT molecular complexity index is 1090. The topological polar surface area (TPSA) is 168 Å². The molecule has 0 unspecified atom stereocenters. The van der Waals surface area contributed by atoms with Gasteiger partial charge in [0.2, 0.25) is 0 Å². The number of ether oxygens (including phenoxy) is 2. The number of nitrogens with one attached hydrogen (secondary N) is 2. The third kappa shape index (κ3) is 6.09. The van der Waals surface area contributed by atoms with Crippen molar-refractivity contribution < 1.29 is 41.3 Å². The molecule has 0 heterocycles. The molecule has 0 atom stereocenters. The Hall–Kier alpha value is -2.87. The number of methoxy groups -OCH3 is 2. The predicted molar refractivity (Wildman–Crippen MR) is 117 cm³/mol. The lowest BCUT2D eigenvalue weighted by atomic mass is 10.3. The third-order valence-electron chi connectivity index (χ3n) is 4.28. The zero-order chi connectivity index (χ0) is 23.9. The summed E-state index contributed by atoms with van der Waals surface area (Å²) in [4.78, 5) is 12.3. The van der Waals surface area contributed by atoms with Crippen LogP contribution >= 0.6 is 0 Å². The van der Waals surface area contributed by atoms with Gasteiger partial charge in [0, 0.05) is 0 Å². The van der Waals surface area contributed by atoms with E-state index in [0.29, 0.717) is 0 Å². The van der Waals surface area contributed by atoms with Crippen molar-refractivity contribution in [2.24, 2.45) is 0 Å². The van der Waals surface area contributed by atoms with E-state index >= 15 is 0 Å². The van der Waals surface area contributed by atoms with Gasteiger partial charge in [0.25, 0.3) is 0 Å². The molecule has 176 valence electrons. The van der Waals surface area contributed by atoms with E-state index in [1.807, 2.05) is 0 Å². The highest BCUT2D eigenvalue weighted by molar-refractivity contribution is 7.91. The van der Waals surface area contributed by atoms with Gasteiger partial charge in [-0.05, 0) is 36.4 Å². The number of carbonyl (C=O) groups excluding carboxylic acids is 1. The van der Waals surface area contributed by atoms with Gasteiger partial charge < -0.3 is 30.3 Å². The van der Waals surface area contributed by atoms with Crippen LogP contribution in [0.4, 0.5) is 16.2 Å². The molecule has 0 radical (unpaired) electrons. The molecule has 0 aliphatic heterocycles. The molecule has 2 amide bonds. The molecule has 4 N–H and O–H groups in total. The number of carbonyl (C=O) groups is 1. The summed E-state index contributed by atoms with van der Waals surface area (Å²) in [5.41, 5.74) is 0.0686. The van der Waals surface area contributed by atoms with Crippen LogP contribution in [0.1, 0.15) is 0 Å². The molecule has 0 aliphatic rings. The van der Waals surface area contributed by atoms with Gasteiger partial charge in [-0.3, -0.25) is 0 Å². The summed E-state index contributed by atoms with van der Waals surface area (Å²) < 4.78 is 59.1. The molecular weight excluding hydrogens is 464 g/mol. The van der Waals surface area contributed by atoms with Crippen molar-refractivity contribution in [3.05, 3.63) is 36.4 Å². The van der Waals surface area contributed by atoms with Crippen molar-refractivity contribution >= 4 is 37.1 Å². The number of hydrogen-bond acceptors (Lipinski definition) is 9. The van der Waals surface area contributed by atoms with E-state index in [-0.39, 0.29) is 32.7 Å². The normalized spacial score (nSPS) is 11.6. The van der Waals surface area contributed by atoms with Crippen molar-refractivity contribution in [1.29, 1.82) is 0 Å². The molecule has 32 heavy (non-hydrogen) atoms. The Morgan fingerprint density at radius 3 is 1.47 bits per heavy atom. The fourth-order valence-electron chi connectivity index (χ4n) is 2.71. The minimum Gasteiger partial charge on any atom is -0.495 e. The predicted octanol–water partition coefficient (Wildman–Crippen LogP) is 0.880. The quantitative estimate of drug-likeness (QED) is 0.379. The maximum absolute atomic E-state index is 12.6. The Kier molecular flexibility index (Phi) is 8.44. The van der Waals surface area contributed by atoms with E-state index in [1.54, 1.807) is 0 Å². The zero-order valence-electron chi connectivity index (χ0n) is 17.4. The van der Waals surface area contributed by atoms with Crippen LogP contribution in [-0.4, -0.2) is 72.0 Å². The average molecular weight is 489 g/mol. The number of hydrogen-bond donors (Lipinski definition) is 4. The van der Waals surface area contributed by atoms with Crippen LogP contribution in [0.3, 0.4) is 0 Å². The van der Waals surface area contributed by atoms with Crippen LogP contribution in [-0.2, 0) is 19.7 Å². The first-order chi connectivity index (χ1) is 15.1. The number of amides is 2. The van der Waals surface area contributed by atoms with Crippen LogP contribution in [0.5, 0.6) is 11.5 Å². The first-order valence-corrected chi connectivity index (χ1v) is 12.5. The van der Waals surface area contributed by atoms with Crippen LogP contribution in [0, 0.1) is 0 Å². The SMILES string of the molecule is COc1ccc(S(=O)(=O)CCO)cc1NC(=O)Nc1cc(S(=O)(=O)CCO)ccc1OC. The lowest BCUT2D eigenvalue weighted by Gasteiger charge is -2.15. The van der Waals surface area contributed by atoms with Gasteiger partial charge >= 0.3 is 6.03 Å². The van der Waals surface area contributed by atoms with Gasteiger partial charge in [-0.2, -0.15) is 0 Å². The van der Waals surface area contributed by atoms with E-state index in [2.05, 4.69) is 10.6 Å². The molecule has 13 heteroatoms. The van der Waals surface area contributed by atoms with E-state index in [9.17, 15) is 21.6 Å². The Balaban J connectivity index is 2.34. The van der Waals surface area contributed by atoms with E-state index in [1.165, 1.54) is 50.6 Å². The van der Waals surface area contributed by atoms with Crippen molar-refractivity contribution in [2.45, 2.75) is 9.79 Å². The Morgan fingerprint density at radius 2 is 1.16 bits per heavy atom. The Labute approximate surface area is 185 Å². The summed E-state index contributed by atoms with van der Waals surface area (Å²) >= 11 is 0. The molecule has 0 aromatic heterocycles. The molecule has 2 rings (SSSR count). The summed E-state index contributed by atoms with van der Waals surface area (Å²) in [6.45, 7) is -1.13. The largest absolute Gasteiger partial charge is 0.495 e. The van der Waals surface area contributed by atoms with Gasteiger partial charge in [-0.15, -0.1) is 0 Å². The van der Waals surface area contributed by atoms with Crippen LogP contribution in [0.25, 0.3) is 0 Å². The first kappa shape index (κ1) is 25.4. The van der Waals surface area contributed by atoms with Gasteiger partial charge in [0.05, 0.1) is 60.1 Å². The van der Waals surface area contributed by atoms with E-state index < -0.39 is 50.4 Å². The lowest BCUT2D eigenvalue weighted by Crippen LogP contribution is -2.21. The van der Waals surface area contributed by atoms with Crippen LogP contribution in [0.15, 0.2) is 46.2 Å². The number of aliphatic hydroxyl groups is 2. The van der Waals surface area contributed by atoms with Crippen molar-refractivity contribution in [2.75, 3.05) is 49.6 Å². The van der Waals surface area contributed by atoms with Gasteiger partial charge in [-0.1, -0.05) is 0 Å². The number of sulfone groups is 2. The number of rotatable bonds is 10. The molecule has 0 aliphatic carbocycles. The van der Waals surface area contributed by atoms with E-state index in [4.69, 9.17) is 19.7 Å². The molecular formula is C19H24N2O9S2. The molecule has 2 aromatic rings. The van der Waals surface area contributed by atoms with Crippen molar-refractivity contribution in [1.82, 2.24) is 0 Å². The summed E-state index contributed by atoms with van der Waals surface area (Å²) in [5, 5.41) is 22.8. The Morgan fingerprint density at radius 1 is 0.781 bits per heavy atom.